The lowest BCUT2D eigenvalue weighted by atomic mass is 10.1. The third-order valence-corrected chi connectivity index (χ3v) is 4.86. The minimum absolute atomic E-state index is 0.0440. The highest BCUT2D eigenvalue weighted by atomic mass is 16.3. The van der Waals surface area contributed by atoms with Gasteiger partial charge in [-0.1, -0.05) is 0 Å². The normalized spacial score (nSPS) is 22.0. The molecule has 1 aromatic carbocycles. The van der Waals surface area contributed by atoms with Crippen LogP contribution < -0.4 is 11.0 Å². The van der Waals surface area contributed by atoms with Gasteiger partial charge in [-0.3, -0.25) is 9.47 Å². The van der Waals surface area contributed by atoms with E-state index in [0.717, 1.165) is 47.8 Å². The third-order valence-electron chi connectivity index (χ3n) is 4.86. The number of aliphatic hydroxyl groups is 1. The summed E-state index contributed by atoms with van der Waals surface area (Å²) >= 11 is 0. The fourth-order valence-electron chi connectivity index (χ4n) is 3.51. The van der Waals surface area contributed by atoms with Gasteiger partial charge in [-0.05, 0) is 43.4 Å². The molecule has 2 aliphatic rings. The van der Waals surface area contributed by atoms with Crippen LogP contribution in [-0.4, -0.2) is 38.9 Å². The number of rotatable bonds is 4. The molecule has 2 heterocycles. The third kappa shape index (κ3) is 2.32. The lowest BCUT2D eigenvalue weighted by molar-refractivity contribution is 0.181. The maximum Gasteiger partial charge on any atom is 0.326 e. The van der Waals surface area contributed by atoms with Gasteiger partial charge in [-0.2, -0.15) is 0 Å². The van der Waals surface area contributed by atoms with E-state index in [4.69, 9.17) is 5.11 Å². The van der Waals surface area contributed by atoms with E-state index in [0.29, 0.717) is 6.04 Å². The Morgan fingerprint density at radius 1 is 1.41 bits per heavy atom. The van der Waals surface area contributed by atoms with Gasteiger partial charge in [-0.25, -0.2) is 4.79 Å². The van der Waals surface area contributed by atoms with E-state index >= 15 is 0 Å². The first-order chi connectivity index (χ1) is 10.7. The summed E-state index contributed by atoms with van der Waals surface area (Å²) in [6.45, 7) is 4.78. The summed E-state index contributed by atoms with van der Waals surface area (Å²) < 4.78 is 1.87. The van der Waals surface area contributed by atoms with E-state index in [2.05, 4.69) is 28.2 Å². The molecule has 0 amide bonds. The van der Waals surface area contributed by atoms with Gasteiger partial charge in [0, 0.05) is 31.4 Å². The lowest BCUT2D eigenvalue weighted by Gasteiger charge is -2.27. The molecule has 0 unspecified atom stereocenters. The van der Waals surface area contributed by atoms with Gasteiger partial charge in [0.05, 0.1) is 11.0 Å². The van der Waals surface area contributed by atoms with Crippen LogP contribution in [0.1, 0.15) is 25.3 Å². The first kappa shape index (κ1) is 13.8. The molecular weight excluding hydrogens is 280 g/mol. The summed E-state index contributed by atoms with van der Waals surface area (Å²) in [5.74, 6) is 0.826. The van der Waals surface area contributed by atoms with Gasteiger partial charge in [0.2, 0.25) is 0 Å². The van der Waals surface area contributed by atoms with Crippen LogP contribution in [0.15, 0.2) is 16.9 Å². The zero-order valence-electron chi connectivity index (χ0n) is 12.8. The second-order valence-electron chi connectivity index (χ2n) is 6.63. The van der Waals surface area contributed by atoms with Gasteiger partial charge in [0.25, 0.3) is 0 Å². The molecule has 0 bridgehead atoms. The predicted octanol–water partition coefficient (Wildman–Crippen LogP) is 1.31. The molecule has 3 N–H and O–H groups in total. The molecule has 1 aromatic heterocycles. The van der Waals surface area contributed by atoms with Crippen LogP contribution in [0.25, 0.3) is 11.0 Å². The van der Waals surface area contributed by atoms with E-state index in [9.17, 15) is 4.79 Å². The molecule has 2 aromatic rings. The monoisotopic (exact) mass is 302 g/mol. The Morgan fingerprint density at radius 3 is 2.95 bits per heavy atom. The van der Waals surface area contributed by atoms with Gasteiger partial charge < -0.3 is 15.4 Å². The molecule has 0 spiro atoms. The number of nitrogens with one attached hydrogen (secondary N) is 2. The Hall–Kier alpha value is -1.79. The molecule has 1 saturated carbocycles. The SMILES string of the molecule is C[C@H]1Cn2c(=O)[nH]c3cc(NCO)cc(c32)CN1CC1CC1. The maximum absolute atomic E-state index is 12.3. The zero-order chi connectivity index (χ0) is 15.3. The first-order valence-electron chi connectivity index (χ1n) is 8.00. The summed E-state index contributed by atoms with van der Waals surface area (Å²) in [6, 6.07) is 4.30. The van der Waals surface area contributed by atoms with Crippen LogP contribution >= 0.6 is 0 Å². The van der Waals surface area contributed by atoms with Crippen LogP contribution in [0, 0.1) is 5.92 Å². The van der Waals surface area contributed by atoms with Crippen molar-refractivity contribution in [2.45, 2.75) is 38.9 Å². The highest BCUT2D eigenvalue weighted by Gasteiger charge is 2.30. The summed E-state index contributed by atoms with van der Waals surface area (Å²) in [5, 5.41) is 12.0. The molecule has 1 atom stereocenters. The van der Waals surface area contributed by atoms with Crippen molar-refractivity contribution >= 4 is 16.7 Å². The number of benzene rings is 1. The van der Waals surface area contributed by atoms with Crippen LogP contribution in [0.3, 0.4) is 0 Å². The Balaban J connectivity index is 1.81. The van der Waals surface area contributed by atoms with Crippen molar-refractivity contribution in [2.24, 2.45) is 5.92 Å². The van der Waals surface area contributed by atoms with E-state index in [-0.39, 0.29) is 12.4 Å². The number of aliphatic hydroxyl groups excluding tert-OH is 1. The lowest BCUT2D eigenvalue weighted by Crippen LogP contribution is -2.37. The highest BCUT2D eigenvalue weighted by Crippen LogP contribution is 2.33. The number of hydrogen-bond acceptors (Lipinski definition) is 4. The molecule has 1 aliphatic heterocycles. The second-order valence-corrected chi connectivity index (χ2v) is 6.63. The van der Waals surface area contributed by atoms with Crippen molar-refractivity contribution in [3.8, 4) is 0 Å². The smallest absolute Gasteiger partial charge is 0.326 e. The second kappa shape index (κ2) is 5.14. The predicted molar refractivity (Wildman–Crippen MR) is 85.9 cm³/mol. The minimum atomic E-state index is -0.113. The number of imidazole rings is 1. The summed E-state index contributed by atoms with van der Waals surface area (Å²) in [7, 11) is 0. The Bertz CT molecular complexity index is 759. The van der Waals surface area contributed by atoms with Gasteiger partial charge in [0.1, 0.15) is 6.73 Å². The van der Waals surface area contributed by atoms with Crippen molar-refractivity contribution in [2.75, 3.05) is 18.6 Å². The van der Waals surface area contributed by atoms with Crippen LogP contribution in [0.2, 0.25) is 0 Å². The van der Waals surface area contributed by atoms with Crippen LogP contribution in [0.4, 0.5) is 5.69 Å². The molecule has 0 radical (unpaired) electrons. The molecule has 1 aliphatic carbocycles. The molecule has 4 rings (SSSR count). The van der Waals surface area contributed by atoms with E-state index in [1.807, 2.05) is 10.6 Å². The molecule has 6 heteroatoms. The number of nitrogens with zero attached hydrogens (tertiary/aromatic N) is 2. The molecule has 0 saturated heterocycles. The zero-order valence-corrected chi connectivity index (χ0v) is 12.8. The summed E-state index contributed by atoms with van der Waals surface area (Å²) in [6.07, 6.45) is 2.66. The number of anilines is 1. The van der Waals surface area contributed by atoms with Crippen molar-refractivity contribution in [1.82, 2.24) is 14.5 Å². The number of hydrogen-bond donors (Lipinski definition) is 3. The van der Waals surface area contributed by atoms with Gasteiger partial charge in [-0.15, -0.1) is 0 Å². The average molecular weight is 302 g/mol. The number of aromatic amines is 1. The first-order valence-corrected chi connectivity index (χ1v) is 8.00. The number of H-pyrrole nitrogens is 1. The Labute approximate surface area is 128 Å². The van der Waals surface area contributed by atoms with Gasteiger partial charge >= 0.3 is 5.69 Å². The van der Waals surface area contributed by atoms with Crippen molar-refractivity contribution in [3.63, 3.8) is 0 Å². The maximum atomic E-state index is 12.3. The summed E-state index contributed by atoms with van der Waals surface area (Å²) in [5.41, 5.74) is 3.81. The van der Waals surface area contributed by atoms with E-state index in [1.54, 1.807) is 0 Å². The van der Waals surface area contributed by atoms with Gasteiger partial charge in [0.15, 0.2) is 0 Å². The topological polar surface area (TPSA) is 73.3 Å². The number of aromatic nitrogens is 2. The van der Waals surface area contributed by atoms with Crippen molar-refractivity contribution in [3.05, 3.63) is 28.2 Å². The fraction of sp³-hybridized carbons (Fsp3) is 0.562. The molecule has 22 heavy (non-hydrogen) atoms. The molecule has 1 fully saturated rings. The minimum Gasteiger partial charge on any atom is -0.377 e. The van der Waals surface area contributed by atoms with Crippen LogP contribution in [-0.2, 0) is 13.1 Å². The molecule has 6 nitrogen and oxygen atoms in total. The van der Waals surface area contributed by atoms with Crippen LogP contribution in [0.5, 0.6) is 0 Å². The van der Waals surface area contributed by atoms with Crippen molar-refractivity contribution in [1.29, 1.82) is 0 Å². The Morgan fingerprint density at radius 2 is 2.23 bits per heavy atom. The molecule has 118 valence electrons. The standard InChI is InChI=1S/C16H22N4O2/c1-10-6-20-15-12(8-19(10)7-11-2-3-11)4-13(17-9-21)5-14(15)18-16(20)22/h4-5,10-11,17,21H,2-3,6-9H2,1H3,(H,18,22)/t10-/m0/s1. The molecular formula is C16H22N4O2. The fourth-order valence-corrected chi connectivity index (χ4v) is 3.51. The van der Waals surface area contributed by atoms with E-state index in [1.165, 1.54) is 12.8 Å². The quantitative estimate of drug-likeness (QED) is 0.745. The largest absolute Gasteiger partial charge is 0.377 e. The average Bonchev–Trinajstić information content (AvgIpc) is 3.24. The Kier molecular flexibility index (Phi) is 3.23. The van der Waals surface area contributed by atoms with E-state index < -0.39 is 0 Å². The van der Waals surface area contributed by atoms with Crippen molar-refractivity contribution < 1.29 is 5.11 Å². The highest BCUT2D eigenvalue weighted by molar-refractivity contribution is 5.83. The summed E-state index contributed by atoms with van der Waals surface area (Å²) in [4.78, 5) is 17.7.